The molecule has 0 bridgehead atoms. The van der Waals surface area contributed by atoms with Crippen LogP contribution in [0.5, 0.6) is 0 Å². The molecule has 1 amide bonds. The van der Waals surface area contributed by atoms with Crippen molar-refractivity contribution in [3.8, 4) is 0 Å². The molecule has 2 atom stereocenters. The van der Waals surface area contributed by atoms with Crippen molar-refractivity contribution in [1.82, 2.24) is 10.2 Å². The molecule has 1 rings (SSSR count). The van der Waals surface area contributed by atoms with Crippen molar-refractivity contribution in [2.45, 2.75) is 44.3 Å². The fourth-order valence-electron chi connectivity index (χ4n) is 1.84. The Bertz CT molecular complexity index is 406. The van der Waals surface area contributed by atoms with Crippen LogP contribution < -0.4 is 11.1 Å². The van der Waals surface area contributed by atoms with Gasteiger partial charge in [-0.25, -0.2) is 8.42 Å². The number of rotatable bonds is 8. The van der Waals surface area contributed by atoms with Crippen LogP contribution in [0.2, 0.25) is 0 Å². The Morgan fingerprint density at radius 1 is 1.47 bits per heavy atom. The van der Waals surface area contributed by atoms with Gasteiger partial charge in [0.05, 0.1) is 11.8 Å². The number of likely N-dealkylation sites (N-methyl/N-ethyl adjacent to an activating group) is 1. The van der Waals surface area contributed by atoms with Gasteiger partial charge in [-0.15, -0.1) is 0 Å². The lowest BCUT2D eigenvalue weighted by Gasteiger charge is -2.25. The van der Waals surface area contributed by atoms with E-state index in [1.165, 1.54) is 12.8 Å². The van der Waals surface area contributed by atoms with E-state index in [2.05, 4.69) is 24.2 Å². The van der Waals surface area contributed by atoms with Crippen LogP contribution in [-0.2, 0) is 14.6 Å². The van der Waals surface area contributed by atoms with Crippen molar-refractivity contribution >= 4 is 15.7 Å². The van der Waals surface area contributed by atoms with Crippen molar-refractivity contribution < 1.29 is 13.2 Å². The maximum atomic E-state index is 11.7. The molecule has 1 aliphatic rings. The van der Waals surface area contributed by atoms with Crippen LogP contribution in [0.25, 0.3) is 0 Å². The van der Waals surface area contributed by atoms with Gasteiger partial charge < -0.3 is 11.1 Å². The average molecular weight is 291 g/mol. The van der Waals surface area contributed by atoms with Crippen LogP contribution in [0.3, 0.4) is 0 Å². The third-order valence-corrected chi connectivity index (χ3v) is 4.50. The highest BCUT2D eigenvalue weighted by atomic mass is 32.2. The molecule has 0 aromatic rings. The summed E-state index contributed by atoms with van der Waals surface area (Å²) in [6.07, 6.45) is 3.76. The van der Waals surface area contributed by atoms with E-state index in [4.69, 9.17) is 5.73 Å². The molecule has 1 fully saturated rings. The maximum Gasteiger partial charge on any atom is 0.237 e. The highest BCUT2D eigenvalue weighted by Crippen LogP contribution is 2.26. The minimum absolute atomic E-state index is 0.0564. The summed E-state index contributed by atoms with van der Waals surface area (Å²) in [4.78, 5) is 14.0. The standard InChI is InChI=1S/C12H25N3O3S/c1-9(15(2)10-4-5-10)8-14-12(16)11(13)6-7-19(3,17)18/h9-11H,4-8,13H2,1-3H3,(H,14,16). The number of nitrogens with zero attached hydrogens (tertiary/aromatic N) is 1. The SMILES string of the molecule is CC(CNC(=O)C(N)CCS(C)(=O)=O)N(C)C1CC1. The van der Waals surface area contributed by atoms with Gasteiger partial charge in [0.1, 0.15) is 9.84 Å². The molecule has 0 spiro atoms. The first-order chi connectivity index (χ1) is 8.70. The van der Waals surface area contributed by atoms with Gasteiger partial charge in [-0.05, 0) is 33.2 Å². The van der Waals surface area contributed by atoms with Gasteiger partial charge in [0, 0.05) is 24.9 Å². The van der Waals surface area contributed by atoms with Crippen LogP contribution in [0.1, 0.15) is 26.2 Å². The smallest absolute Gasteiger partial charge is 0.237 e. The second kappa shape index (κ2) is 6.67. The fraction of sp³-hybridized carbons (Fsp3) is 0.917. The van der Waals surface area contributed by atoms with Gasteiger partial charge in [0.2, 0.25) is 5.91 Å². The van der Waals surface area contributed by atoms with Crippen LogP contribution >= 0.6 is 0 Å². The van der Waals surface area contributed by atoms with E-state index in [1.54, 1.807) is 0 Å². The summed E-state index contributed by atoms with van der Waals surface area (Å²) < 4.78 is 22.0. The number of carbonyl (C=O) groups is 1. The predicted molar refractivity (Wildman–Crippen MR) is 75.6 cm³/mol. The number of amides is 1. The zero-order valence-electron chi connectivity index (χ0n) is 11.9. The molecular weight excluding hydrogens is 266 g/mol. The number of nitrogens with one attached hydrogen (secondary N) is 1. The molecule has 0 heterocycles. The number of hydrogen-bond donors (Lipinski definition) is 2. The highest BCUT2D eigenvalue weighted by molar-refractivity contribution is 7.90. The summed E-state index contributed by atoms with van der Waals surface area (Å²) in [5.74, 6) is -0.334. The van der Waals surface area contributed by atoms with E-state index < -0.39 is 15.9 Å². The Labute approximate surface area is 115 Å². The quantitative estimate of drug-likeness (QED) is 0.620. The van der Waals surface area contributed by atoms with Gasteiger partial charge in [0.15, 0.2) is 0 Å². The Hall–Kier alpha value is -0.660. The van der Waals surface area contributed by atoms with E-state index in [1.807, 2.05) is 0 Å². The molecule has 0 radical (unpaired) electrons. The second-order valence-corrected chi connectivity index (χ2v) is 7.78. The summed E-state index contributed by atoms with van der Waals surface area (Å²) in [6.45, 7) is 2.60. The minimum atomic E-state index is -3.07. The van der Waals surface area contributed by atoms with Crippen LogP contribution in [0, 0.1) is 0 Å². The first-order valence-corrected chi connectivity index (χ1v) is 8.69. The molecule has 3 N–H and O–H groups in total. The number of sulfone groups is 1. The molecule has 1 saturated carbocycles. The average Bonchev–Trinajstić information content (AvgIpc) is 3.14. The summed E-state index contributed by atoms with van der Waals surface area (Å²) in [7, 11) is -1.01. The highest BCUT2D eigenvalue weighted by Gasteiger charge is 2.29. The third-order valence-electron chi connectivity index (χ3n) is 3.53. The first kappa shape index (κ1) is 16.4. The first-order valence-electron chi connectivity index (χ1n) is 6.63. The van der Waals surface area contributed by atoms with Crippen molar-refractivity contribution in [2.75, 3.05) is 25.6 Å². The van der Waals surface area contributed by atoms with E-state index in [-0.39, 0.29) is 24.1 Å². The number of hydrogen-bond acceptors (Lipinski definition) is 5. The minimum Gasteiger partial charge on any atom is -0.353 e. The topological polar surface area (TPSA) is 92.5 Å². The van der Waals surface area contributed by atoms with Crippen molar-refractivity contribution in [3.05, 3.63) is 0 Å². The summed E-state index contributed by atoms with van der Waals surface area (Å²) in [5.41, 5.74) is 5.67. The maximum absolute atomic E-state index is 11.7. The molecule has 0 aromatic carbocycles. The van der Waals surface area contributed by atoms with Gasteiger partial charge in [0.25, 0.3) is 0 Å². The van der Waals surface area contributed by atoms with Gasteiger partial charge in [-0.1, -0.05) is 0 Å². The van der Waals surface area contributed by atoms with Crippen LogP contribution in [0.15, 0.2) is 0 Å². The number of carbonyl (C=O) groups excluding carboxylic acids is 1. The molecule has 1 aliphatic carbocycles. The Morgan fingerprint density at radius 3 is 2.53 bits per heavy atom. The molecule has 2 unspecified atom stereocenters. The number of nitrogens with two attached hydrogens (primary N) is 1. The van der Waals surface area contributed by atoms with Crippen molar-refractivity contribution in [3.63, 3.8) is 0 Å². The van der Waals surface area contributed by atoms with Crippen LogP contribution in [-0.4, -0.2) is 63.0 Å². The van der Waals surface area contributed by atoms with Crippen molar-refractivity contribution in [1.29, 1.82) is 0 Å². The van der Waals surface area contributed by atoms with Gasteiger partial charge in [-0.2, -0.15) is 0 Å². The molecule has 19 heavy (non-hydrogen) atoms. The molecule has 112 valence electrons. The Morgan fingerprint density at radius 2 is 2.05 bits per heavy atom. The second-order valence-electron chi connectivity index (χ2n) is 5.52. The summed E-state index contributed by atoms with van der Waals surface area (Å²) in [6, 6.07) is 0.150. The zero-order valence-corrected chi connectivity index (χ0v) is 12.7. The van der Waals surface area contributed by atoms with E-state index in [9.17, 15) is 13.2 Å². The van der Waals surface area contributed by atoms with Crippen LogP contribution in [0.4, 0.5) is 0 Å². The zero-order chi connectivity index (χ0) is 14.6. The van der Waals surface area contributed by atoms with E-state index in [0.717, 1.165) is 6.26 Å². The Balaban J connectivity index is 2.25. The molecular formula is C12H25N3O3S. The predicted octanol–water partition coefficient (Wildman–Crippen LogP) is -0.653. The summed E-state index contributed by atoms with van der Waals surface area (Å²) >= 11 is 0. The fourth-order valence-corrected chi connectivity index (χ4v) is 2.52. The van der Waals surface area contributed by atoms with Gasteiger partial charge >= 0.3 is 0 Å². The van der Waals surface area contributed by atoms with E-state index >= 15 is 0 Å². The van der Waals surface area contributed by atoms with Crippen molar-refractivity contribution in [2.24, 2.45) is 5.73 Å². The molecule has 6 nitrogen and oxygen atoms in total. The largest absolute Gasteiger partial charge is 0.353 e. The normalized spacial score (nSPS) is 19.2. The lowest BCUT2D eigenvalue weighted by molar-refractivity contribution is -0.122. The lowest BCUT2D eigenvalue weighted by Crippen LogP contribution is -2.47. The molecule has 0 aromatic heterocycles. The Kier molecular flexibility index (Phi) is 5.76. The lowest BCUT2D eigenvalue weighted by atomic mass is 10.2. The van der Waals surface area contributed by atoms with E-state index in [0.29, 0.717) is 12.6 Å². The van der Waals surface area contributed by atoms with Gasteiger partial charge in [-0.3, -0.25) is 9.69 Å². The summed E-state index contributed by atoms with van der Waals surface area (Å²) in [5, 5.41) is 2.78. The molecule has 0 saturated heterocycles. The molecule has 7 heteroatoms. The molecule has 0 aliphatic heterocycles. The third kappa shape index (κ3) is 6.35. The monoisotopic (exact) mass is 291 g/mol.